The molecule has 7 heteroatoms. The van der Waals surface area contributed by atoms with Crippen LogP contribution in [-0.2, 0) is 10.2 Å². The first-order chi connectivity index (χ1) is 9.85. The van der Waals surface area contributed by atoms with E-state index in [0.29, 0.717) is 25.0 Å². The molecule has 0 spiro atoms. The summed E-state index contributed by atoms with van der Waals surface area (Å²) in [7, 11) is -3.31. The molecule has 126 valence electrons. The van der Waals surface area contributed by atoms with Crippen molar-refractivity contribution >= 4 is 22.0 Å². The highest BCUT2D eigenvalue weighted by atomic mass is 32.2. The number of nitrogens with zero attached hydrogens (tertiary/aromatic N) is 1. The summed E-state index contributed by atoms with van der Waals surface area (Å²) in [5, 5.41) is 3.44. The number of piperidine rings is 1. The number of nitrogens with one attached hydrogen (secondary N) is 2. The molecule has 0 radical (unpaired) electrons. The minimum atomic E-state index is -3.31. The van der Waals surface area contributed by atoms with Crippen molar-refractivity contribution in [3.05, 3.63) is 0 Å². The van der Waals surface area contributed by atoms with Crippen molar-refractivity contribution in [2.45, 2.75) is 52.1 Å². The van der Waals surface area contributed by atoms with Crippen LogP contribution in [0.3, 0.4) is 0 Å². The monoisotopic (exact) mass is 337 g/mol. The summed E-state index contributed by atoms with van der Waals surface area (Å²) in [6.45, 7) is 8.47. The molecule has 1 heterocycles. The minimum absolute atomic E-state index is 0.00258. The van der Waals surface area contributed by atoms with Gasteiger partial charge in [-0.2, -0.15) is 29.2 Å². The molecule has 0 aromatic carbocycles. The zero-order chi connectivity index (χ0) is 15.9. The predicted octanol–water partition coefficient (Wildman–Crippen LogP) is 1.67. The van der Waals surface area contributed by atoms with E-state index in [0.717, 1.165) is 31.6 Å². The maximum absolute atomic E-state index is 12.3. The van der Waals surface area contributed by atoms with Crippen molar-refractivity contribution in [3.63, 3.8) is 0 Å². The van der Waals surface area contributed by atoms with Crippen molar-refractivity contribution in [3.8, 4) is 0 Å². The van der Waals surface area contributed by atoms with Gasteiger partial charge in [0.1, 0.15) is 0 Å². The highest BCUT2D eigenvalue weighted by Crippen LogP contribution is 2.19. The second kappa shape index (κ2) is 9.35. The number of hydrogen-bond donors (Lipinski definition) is 2. The van der Waals surface area contributed by atoms with Crippen molar-refractivity contribution in [2.75, 3.05) is 31.6 Å². The van der Waals surface area contributed by atoms with Gasteiger partial charge in [-0.3, -0.25) is 0 Å². The van der Waals surface area contributed by atoms with Gasteiger partial charge in [0.05, 0.1) is 0 Å². The van der Waals surface area contributed by atoms with Crippen LogP contribution in [0.1, 0.15) is 40.0 Å². The van der Waals surface area contributed by atoms with Crippen LogP contribution in [0.15, 0.2) is 0 Å². The first-order valence-corrected chi connectivity index (χ1v) is 10.7. The molecular weight excluding hydrogens is 306 g/mol. The maximum Gasteiger partial charge on any atom is 0.279 e. The molecule has 0 saturated carbocycles. The lowest BCUT2D eigenvalue weighted by Gasteiger charge is -2.32. The van der Waals surface area contributed by atoms with Crippen LogP contribution in [0, 0.1) is 5.92 Å². The average molecular weight is 338 g/mol. The Morgan fingerprint density at radius 3 is 2.38 bits per heavy atom. The molecule has 1 rings (SSSR count). The van der Waals surface area contributed by atoms with E-state index >= 15 is 0 Å². The fourth-order valence-corrected chi connectivity index (χ4v) is 4.49. The van der Waals surface area contributed by atoms with Gasteiger partial charge in [-0.05, 0) is 50.7 Å². The molecule has 0 aromatic rings. The van der Waals surface area contributed by atoms with Gasteiger partial charge in [0, 0.05) is 25.2 Å². The summed E-state index contributed by atoms with van der Waals surface area (Å²) < 4.78 is 29.0. The third-order valence-corrected chi connectivity index (χ3v) is 6.22. The molecule has 1 unspecified atom stereocenters. The molecule has 1 fully saturated rings. The highest BCUT2D eigenvalue weighted by Gasteiger charge is 2.28. The molecule has 21 heavy (non-hydrogen) atoms. The lowest BCUT2D eigenvalue weighted by atomic mass is 9.98. The standard InChI is InChI=1S/C14H31N3O2S2/c1-12(2)15-11-14-5-8-17(9-6-14)21(18,19)16-13(3)7-10-20-4/h12-16H,5-11H2,1-4H3. The average Bonchev–Trinajstić information content (AvgIpc) is 2.43. The van der Waals surface area contributed by atoms with Crippen molar-refractivity contribution in [1.82, 2.24) is 14.3 Å². The van der Waals surface area contributed by atoms with E-state index in [1.807, 2.05) is 13.2 Å². The molecule has 2 N–H and O–H groups in total. The Morgan fingerprint density at radius 1 is 1.24 bits per heavy atom. The van der Waals surface area contributed by atoms with E-state index in [4.69, 9.17) is 0 Å². The Balaban J connectivity index is 2.37. The molecular formula is C14H31N3O2S2. The Bertz CT molecular complexity index is 380. The summed E-state index contributed by atoms with van der Waals surface area (Å²) in [5.74, 6) is 1.57. The van der Waals surface area contributed by atoms with Gasteiger partial charge >= 0.3 is 0 Å². The normalized spacial score (nSPS) is 20.0. The third-order valence-electron chi connectivity index (χ3n) is 3.83. The Kier molecular flexibility index (Phi) is 8.56. The Hall–Kier alpha value is 0.180. The molecule has 1 aliphatic heterocycles. The van der Waals surface area contributed by atoms with Crippen molar-refractivity contribution < 1.29 is 8.42 Å². The van der Waals surface area contributed by atoms with Gasteiger partial charge in [-0.15, -0.1) is 0 Å². The smallest absolute Gasteiger partial charge is 0.279 e. The van der Waals surface area contributed by atoms with Crippen LogP contribution >= 0.6 is 11.8 Å². The van der Waals surface area contributed by atoms with E-state index in [2.05, 4.69) is 23.9 Å². The summed E-state index contributed by atoms with van der Waals surface area (Å²) in [4.78, 5) is 0. The first kappa shape index (κ1) is 19.2. The molecule has 1 atom stereocenters. The topological polar surface area (TPSA) is 61.4 Å². The summed E-state index contributed by atoms with van der Waals surface area (Å²) in [6, 6.07) is 0.494. The van der Waals surface area contributed by atoms with E-state index < -0.39 is 10.2 Å². The van der Waals surface area contributed by atoms with E-state index in [9.17, 15) is 8.42 Å². The van der Waals surface area contributed by atoms with Gasteiger partial charge < -0.3 is 5.32 Å². The van der Waals surface area contributed by atoms with Crippen molar-refractivity contribution in [2.24, 2.45) is 5.92 Å². The molecule has 1 saturated heterocycles. The number of rotatable bonds is 9. The van der Waals surface area contributed by atoms with Crippen LogP contribution in [-0.4, -0.2) is 56.4 Å². The number of thioether (sulfide) groups is 1. The highest BCUT2D eigenvalue weighted by molar-refractivity contribution is 7.98. The van der Waals surface area contributed by atoms with Gasteiger partial charge in [-0.25, -0.2) is 0 Å². The summed E-state index contributed by atoms with van der Waals surface area (Å²) in [6.07, 6.45) is 4.80. The second-order valence-electron chi connectivity index (χ2n) is 6.21. The van der Waals surface area contributed by atoms with Gasteiger partial charge in [0.2, 0.25) is 0 Å². The summed E-state index contributed by atoms with van der Waals surface area (Å²) >= 11 is 1.74. The lowest BCUT2D eigenvalue weighted by Crippen LogP contribution is -2.48. The van der Waals surface area contributed by atoms with Crippen LogP contribution in [0.25, 0.3) is 0 Å². The van der Waals surface area contributed by atoms with Crippen LogP contribution in [0.2, 0.25) is 0 Å². The van der Waals surface area contributed by atoms with Crippen LogP contribution < -0.4 is 10.0 Å². The predicted molar refractivity (Wildman–Crippen MR) is 92.0 cm³/mol. The molecule has 1 aliphatic rings. The van der Waals surface area contributed by atoms with E-state index in [1.54, 1.807) is 16.1 Å². The summed E-state index contributed by atoms with van der Waals surface area (Å²) in [5.41, 5.74) is 0. The third kappa shape index (κ3) is 7.32. The van der Waals surface area contributed by atoms with Gasteiger partial charge in [-0.1, -0.05) is 13.8 Å². The molecule has 0 aromatic heterocycles. The largest absolute Gasteiger partial charge is 0.314 e. The van der Waals surface area contributed by atoms with Gasteiger partial charge in [0.15, 0.2) is 0 Å². The van der Waals surface area contributed by atoms with Crippen LogP contribution in [0.5, 0.6) is 0 Å². The number of hydrogen-bond acceptors (Lipinski definition) is 4. The molecule has 0 aliphatic carbocycles. The molecule has 5 nitrogen and oxygen atoms in total. The SMILES string of the molecule is CSCCC(C)NS(=O)(=O)N1CCC(CNC(C)C)CC1. The van der Waals surface area contributed by atoms with E-state index in [-0.39, 0.29) is 6.04 Å². The Morgan fingerprint density at radius 2 is 1.86 bits per heavy atom. The first-order valence-electron chi connectivity index (χ1n) is 7.85. The Labute approximate surface area is 134 Å². The van der Waals surface area contributed by atoms with Crippen molar-refractivity contribution in [1.29, 1.82) is 0 Å². The molecule has 0 amide bonds. The lowest BCUT2D eigenvalue weighted by molar-refractivity contribution is 0.260. The zero-order valence-electron chi connectivity index (χ0n) is 13.8. The van der Waals surface area contributed by atoms with Crippen LogP contribution in [0.4, 0.5) is 0 Å². The maximum atomic E-state index is 12.3. The zero-order valence-corrected chi connectivity index (χ0v) is 15.4. The van der Waals surface area contributed by atoms with E-state index in [1.165, 1.54) is 0 Å². The fraction of sp³-hybridized carbons (Fsp3) is 1.00. The minimum Gasteiger partial charge on any atom is -0.314 e. The van der Waals surface area contributed by atoms with Gasteiger partial charge in [0.25, 0.3) is 10.2 Å². The fourth-order valence-electron chi connectivity index (χ4n) is 2.44. The second-order valence-corrected chi connectivity index (χ2v) is 8.90. The molecule has 0 bridgehead atoms. The quantitative estimate of drug-likeness (QED) is 0.672.